The first kappa shape index (κ1) is 17.5. The van der Waals surface area contributed by atoms with E-state index in [-0.39, 0.29) is 11.5 Å². The zero-order chi connectivity index (χ0) is 15.2. The summed E-state index contributed by atoms with van der Waals surface area (Å²) >= 11 is 6.08. The van der Waals surface area contributed by atoms with E-state index in [1.165, 1.54) is 5.56 Å². The molecule has 0 heterocycles. The van der Waals surface area contributed by atoms with Crippen LogP contribution in [0.5, 0.6) is 0 Å². The van der Waals surface area contributed by atoms with Gasteiger partial charge in [0.1, 0.15) is 0 Å². The van der Waals surface area contributed by atoms with Crippen molar-refractivity contribution < 1.29 is 4.74 Å². The Morgan fingerprint density at radius 1 is 1.25 bits per heavy atom. The summed E-state index contributed by atoms with van der Waals surface area (Å²) in [5.41, 5.74) is 1.35. The summed E-state index contributed by atoms with van der Waals surface area (Å²) in [5.74, 6) is 0. The van der Waals surface area contributed by atoms with E-state index in [1.807, 2.05) is 18.2 Å². The van der Waals surface area contributed by atoms with Crippen molar-refractivity contribution in [3.05, 3.63) is 34.9 Å². The van der Waals surface area contributed by atoms with Gasteiger partial charge in [0, 0.05) is 17.7 Å². The van der Waals surface area contributed by atoms with Crippen LogP contribution < -0.4 is 5.32 Å². The molecule has 2 unspecified atom stereocenters. The van der Waals surface area contributed by atoms with Crippen LogP contribution in [0.1, 0.15) is 40.2 Å². The van der Waals surface area contributed by atoms with E-state index < -0.39 is 0 Å². The molecule has 0 aliphatic heterocycles. The van der Waals surface area contributed by atoms with Gasteiger partial charge in [0.15, 0.2) is 0 Å². The molecule has 2 nitrogen and oxygen atoms in total. The summed E-state index contributed by atoms with van der Waals surface area (Å²) in [6.45, 7) is 12.6. The van der Waals surface area contributed by atoms with Gasteiger partial charge in [-0.2, -0.15) is 0 Å². The van der Waals surface area contributed by atoms with Gasteiger partial charge < -0.3 is 10.1 Å². The molecular weight excluding hydrogens is 270 g/mol. The summed E-state index contributed by atoms with van der Waals surface area (Å²) in [5, 5.41) is 4.37. The van der Waals surface area contributed by atoms with E-state index in [1.54, 1.807) is 0 Å². The van der Waals surface area contributed by atoms with Crippen molar-refractivity contribution in [1.29, 1.82) is 0 Å². The Labute approximate surface area is 128 Å². The molecule has 0 aliphatic rings. The molecule has 0 aliphatic carbocycles. The molecule has 0 aromatic heterocycles. The molecule has 1 N–H and O–H groups in total. The molecule has 1 rings (SSSR count). The van der Waals surface area contributed by atoms with E-state index in [9.17, 15) is 0 Å². The molecule has 0 saturated carbocycles. The minimum atomic E-state index is 0.0986. The highest BCUT2D eigenvalue weighted by Gasteiger charge is 2.32. The summed E-state index contributed by atoms with van der Waals surface area (Å²) in [6.07, 6.45) is 1.10. The van der Waals surface area contributed by atoms with E-state index in [2.05, 4.69) is 46.0 Å². The van der Waals surface area contributed by atoms with Crippen LogP contribution in [-0.2, 0) is 11.2 Å². The van der Waals surface area contributed by atoms with E-state index >= 15 is 0 Å². The van der Waals surface area contributed by atoms with Crippen molar-refractivity contribution >= 4 is 11.6 Å². The zero-order valence-corrected chi connectivity index (χ0v) is 14.1. The zero-order valence-electron chi connectivity index (χ0n) is 13.4. The Morgan fingerprint density at radius 2 is 1.95 bits per heavy atom. The van der Waals surface area contributed by atoms with Crippen LogP contribution in [-0.4, -0.2) is 25.3 Å². The van der Waals surface area contributed by atoms with Gasteiger partial charge in [-0.15, -0.1) is 0 Å². The fourth-order valence-corrected chi connectivity index (χ4v) is 2.83. The Bertz CT molecular complexity index is 400. The summed E-state index contributed by atoms with van der Waals surface area (Å²) in [4.78, 5) is 0. The van der Waals surface area contributed by atoms with Gasteiger partial charge in [-0.3, -0.25) is 0 Å². The lowest BCUT2D eigenvalue weighted by Gasteiger charge is -2.37. The highest BCUT2D eigenvalue weighted by atomic mass is 35.5. The van der Waals surface area contributed by atoms with Crippen molar-refractivity contribution in [3.8, 4) is 0 Å². The molecule has 0 amide bonds. The fraction of sp³-hybridized carbons (Fsp3) is 0.647. The molecule has 0 fully saturated rings. The molecular formula is C17H28ClNO. The monoisotopic (exact) mass is 297 g/mol. The highest BCUT2D eigenvalue weighted by Crippen LogP contribution is 2.27. The number of ether oxygens (including phenoxy) is 1. The number of hydrogen-bond donors (Lipinski definition) is 1. The van der Waals surface area contributed by atoms with Gasteiger partial charge in [-0.25, -0.2) is 0 Å². The average molecular weight is 298 g/mol. The van der Waals surface area contributed by atoms with Crippen molar-refractivity contribution in [2.24, 2.45) is 5.41 Å². The van der Waals surface area contributed by atoms with Crippen LogP contribution >= 0.6 is 11.6 Å². The Hall–Kier alpha value is -0.570. The van der Waals surface area contributed by atoms with E-state index in [4.69, 9.17) is 16.3 Å². The molecule has 0 bridgehead atoms. The van der Waals surface area contributed by atoms with Crippen molar-refractivity contribution in [2.45, 2.75) is 53.2 Å². The second-order valence-corrected chi connectivity index (χ2v) is 6.68. The standard InChI is InChI=1S/C17H28ClNO/c1-6-19-15(16(20-7-2)17(3,4)5)12-13-9-8-10-14(18)11-13/h8-11,15-16,19H,6-7,12H2,1-5H3. The fourth-order valence-electron chi connectivity index (χ4n) is 2.62. The van der Waals surface area contributed by atoms with Gasteiger partial charge >= 0.3 is 0 Å². The minimum Gasteiger partial charge on any atom is -0.376 e. The van der Waals surface area contributed by atoms with E-state index in [0.717, 1.165) is 24.6 Å². The SMILES string of the molecule is CCNC(Cc1cccc(Cl)c1)C(OCC)C(C)(C)C. The first-order chi connectivity index (χ1) is 9.38. The van der Waals surface area contributed by atoms with Gasteiger partial charge in [0.05, 0.1) is 6.10 Å². The predicted octanol–water partition coefficient (Wildman–Crippen LogP) is 4.31. The first-order valence-electron chi connectivity index (χ1n) is 7.47. The molecule has 2 atom stereocenters. The van der Waals surface area contributed by atoms with Crippen molar-refractivity contribution in [3.63, 3.8) is 0 Å². The lowest BCUT2D eigenvalue weighted by atomic mass is 9.82. The molecule has 1 aromatic rings. The van der Waals surface area contributed by atoms with Crippen LogP contribution in [0.3, 0.4) is 0 Å². The maximum atomic E-state index is 6.08. The minimum absolute atomic E-state index is 0.0986. The summed E-state index contributed by atoms with van der Waals surface area (Å²) in [7, 11) is 0. The molecule has 0 spiro atoms. The normalized spacial score (nSPS) is 15.1. The largest absolute Gasteiger partial charge is 0.376 e. The second-order valence-electron chi connectivity index (χ2n) is 6.24. The Balaban J connectivity index is 2.90. The lowest BCUT2D eigenvalue weighted by Crippen LogP contribution is -2.49. The maximum Gasteiger partial charge on any atom is 0.0779 e. The molecule has 114 valence electrons. The number of likely N-dealkylation sites (N-methyl/N-ethyl adjacent to an activating group) is 1. The third kappa shape index (κ3) is 5.43. The number of halogens is 1. The Kier molecular flexibility index (Phi) is 7.01. The third-order valence-electron chi connectivity index (χ3n) is 3.38. The van der Waals surface area contributed by atoms with Crippen LogP contribution in [0.15, 0.2) is 24.3 Å². The van der Waals surface area contributed by atoms with Gasteiger partial charge in [-0.05, 0) is 43.0 Å². The Morgan fingerprint density at radius 3 is 2.45 bits per heavy atom. The highest BCUT2D eigenvalue weighted by molar-refractivity contribution is 6.30. The van der Waals surface area contributed by atoms with Crippen LogP contribution in [0.2, 0.25) is 5.02 Å². The quantitative estimate of drug-likeness (QED) is 0.809. The molecule has 20 heavy (non-hydrogen) atoms. The summed E-state index contributed by atoms with van der Waals surface area (Å²) in [6, 6.07) is 8.38. The van der Waals surface area contributed by atoms with Crippen LogP contribution in [0, 0.1) is 5.41 Å². The molecule has 0 saturated heterocycles. The van der Waals surface area contributed by atoms with Crippen LogP contribution in [0.4, 0.5) is 0 Å². The third-order valence-corrected chi connectivity index (χ3v) is 3.61. The molecule has 3 heteroatoms. The first-order valence-corrected chi connectivity index (χ1v) is 7.85. The lowest BCUT2D eigenvalue weighted by molar-refractivity contribution is -0.0352. The number of rotatable bonds is 7. The van der Waals surface area contributed by atoms with Crippen molar-refractivity contribution in [1.82, 2.24) is 5.32 Å². The number of nitrogens with one attached hydrogen (secondary N) is 1. The van der Waals surface area contributed by atoms with Gasteiger partial charge in [0.25, 0.3) is 0 Å². The molecule has 1 aromatic carbocycles. The topological polar surface area (TPSA) is 21.3 Å². The van der Waals surface area contributed by atoms with Gasteiger partial charge in [0.2, 0.25) is 0 Å². The van der Waals surface area contributed by atoms with E-state index in [0.29, 0.717) is 6.04 Å². The average Bonchev–Trinajstić information content (AvgIpc) is 2.34. The predicted molar refractivity (Wildman–Crippen MR) is 87.5 cm³/mol. The molecule has 0 radical (unpaired) electrons. The van der Waals surface area contributed by atoms with Crippen molar-refractivity contribution in [2.75, 3.05) is 13.2 Å². The van der Waals surface area contributed by atoms with Crippen LogP contribution in [0.25, 0.3) is 0 Å². The smallest absolute Gasteiger partial charge is 0.0779 e. The maximum absolute atomic E-state index is 6.08. The number of benzene rings is 1. The summed E-state index contributed by atoms with van der Waals surface area (Å²) < 4.78 is 6.03. The van der Waals surface area contributed by atoms with Gasteiger partial charge in [-0.1, -0.05) is 51.4 Å². The second kappa shape index (κ2) is 8.02. The number of hydrogen-bond acceptors (Lipinski definition) is 2.